The minimum atomic E-state index is -0.0532. The second kappa shape index (κ2) is 8.19. The van der Waals surface area contributed by atoms with Gasteiger partial charge in [-0.3, -0.25) is 0 Å². The lowest BCUT2D eigenvalue weighted by Crippen LogP contribution is -2.42. The van der Waals surface area contributed by atoms with Crippen LogP contribution in [-0.2, 0) is 4.74 Å². The van der Waals surface area contributed by atoms with Crippen LogP contribution in [0.3, 0.4) is 0 Å². The first-order valence-electron chi connectivity index (χ1n) is 7.77. The van der Waals surface area contributed by atoms with Crippen molar-refractivity contribution < 1.29 is 14.6 Å². The van der Waals surface area contributed by atoms with Gasteiger partial charge in [-0.05, 0) is 37.5 Å². The van der Waals surface area contributed by atoms with E-state index in [1.54, 1.807) is 0 Å². The highest BCUT2D eigenvalue weighted by Gasteiger charge is 2.32. The minimum Gasteiger partial charge on any atom is -0.481 e. The lowest BCUT2D eigenvalue weighted by molar-refractivity contribution is -0.0163. The van der Waals surface area contributed by atoms with E-state index >= 15 is 0 Å². The Morgan fingerprint density at radius 3 is 2.64 bits per heavy atom. The summed E-state index contributed by atoms with van der Waals surface area (Å²) >= 11 is 0. The van der Waals surface area contributed by atoms with Gasteiger partial charge in [-0.25, -0.2) is 0 Å². The zero-order valence-electron chi connectivity index (χ0n) is 13.2. The fraction of sp³-hybridized carbons (Fsp3) is 0.556. The molecule has 2 rings (SSSR count). The smallest absolute Gasteiger partial charge is 0.148 e. The fourth-order valence-electron chi connectivity index (χ4n) is 2.66. The Kier molecular flexibility index (Phi) is 6.26. The van der Waals surface area contributed by atoms with E-state index in [2.05, 4.69) is 18.2 Å². The molecule has 0 aliphatic carbocycles. The number of aliphatic hydroxyl groups excluding tert-OH is 1. The van der Waals surface area contributed by atoms with Crippen LogP contribution < -0.4 is 10.1 Å². The van der Waals surface area contributed by atoms with E-state index < -0.39 is 0 Å². The van der Waals surface area contributed by atoms with Crippen molar-refractivity contribution >= 4 is 0 Å². The molecule has 1 aromatic carbocycles. The molecular formula is C18H25NO3. The van der Waals surface area contributed by atoms with Gasteiger partial charge in [0.1, 0.15) is 12.4 Å². The van der Waals surface area contributed by atoms with Gasteiger partial charge in [-0.1, -0.05) is 18.1 Å². The summed E-state index contributed by atoms with van der Waals surface area (Å²) in [7, 11) is 0. The number of aliphatic hydroxyl groups is 1. The Morgan fingerprint density at radius 1 is 1.36 bits per heavy atom. The monoisotopic (exact) mass is 303 g/mol. The molecule has 2 N–H and O–H groups in total. The lowest BCUT2D eigenvalue weighted by atomic mass is 9.80. The molecular weight excluding hydrogens is 278 g/mol. The molecule has 0 aromatic heterocycles. The summed E-state index contributed by atoms with van der Waals surface area (Å²) in [5.74, 6) is 3.23. The molecule has 1 aromatic rings. The van der Waals surface area contributed by atoms with Gasteiger partial charge in [0.2, 0.25) is 0 Å². The normalized spacial score (nSPS) is 18.4. The quantitative estimate of drug-likeness (QED) is 0.758. The van der Waals surface area contributed by atoms with E-state index in [-0.39, 0.29) is 24.7 Å². The van der Waals surface area contributed by atoms with Gasteiger partial charge in [0.25, 0.3) is 0 Å². The summed E-state index contributed by atoms with van der Waals surface area (Å²) in [6, 6.07) is 8.16. The highest BCUT2D eigenvalue weighted by molar-refractivity contribution is 5.29. The molecule has 1 saturated heterocycles. The van der Waals surface area contributed by atoms with Crippen LogP contribution in [0.25, 0.3) is 0 Å². The average molecular weight is 303 g/mol. The second-order valence-electron chi connectivity index (χ2n) is 5.93. The van der Waals surface area contributed by atoms with Crippen LogP contribution in [0.2, 0.25) is 0 Å². The van der Waals surface area contributed by atoms with Gasteiger partial charge in [0.15, 0.2) is 0 Å². The highest BCUT2D eigenvalue weighted by Crippen LogP contribution is 2.30. The number of ether oxygens (including phenoxy) is 2. The summed E-state index contributed by atoms with van der Waals surface area (Å²) in [5, 5.41) is 13.2. The number of nitrogens with one attached hydrogen (secondary N) is 1. The van der Waals surface area contributed by atoms with E-state index in [4.69, 9.17) is 15.9 Å². The predicted molar refractivity (Wildman–Crippen MR) is 86.8 cm³/mol. The van der Waals surface area contributed by atoms with Crippen LogP contribution in [0.1, 0.15) is 31.4 Å². The van der Waals surface area contributed by atoms with E-state index in [9.17, 15) is 5.11 Å². The summed E-state index contributed by atoms with van der Waals surface area (Å²) in [5.41, 5.74) is 1.13. The second-order valence-corrected chi connectivity index (χ2v) is 5.93. The third kappa shape index (κ3) is 4.48. The first-order valence-corrected chi connectivity index (χ1v) is 7.77. The van der Waals surface area contributed by atoms with Crippen LogP contribution in [0.15, 0.2) is 24.3 Å². The van der Waals surface area contributed by atoms with Crippen molar-refractivity contribution in [1.29, 1.82) is 0 Å². The lowest BCUT2D eigenvalue weighted by Gasteiger charge is -2.36. The Labute approximate surface area is 132 Å². The first-order chi connectivity index (χ1) is 10.7. The molecule has 0 bridgehead atoms. The molecule has 120 valence electrons. The van der Waals surface area contributed by atoms with E-state index in [1.807, 2.05) is 24.3 Å². The van der Waals surface area contributed by atoms with Crippen LogP contribution in [-0.4, -0.2) is 38.1 Å². The molecule has 1 heterocycles. The first kappa shape index (κ1) is 16.8. The molecule has 1 unspecified atom stereocenters. The molecule has 4 heteroatoms. The van der Waals surface area contributed by atoms with Crippen LogP contribution in [0.4, 0.5) is 0 Å². The van der Waals surface area contributed by atoms with Crippen molar-refractivity contribution in [2.75, 3.05) is 33.0 Å². The molecule has 0 spiro atoms. The zero-order valence-corrected chi connectivity index (χ0v) is 13.2. The molecule has 0 saturated carbocycles. The Balaban J connectivity index is 1.88. The standard InChI is InChI=1S/C18H25NO3/c1-3-10-22-17-6-4-16(5-7-17)15(2)19-13-18(14-20)8-11-21-12-9-18/h1,4-7,15,19-20H,8-14H2,2H3. The molecule has 22 heavy (non-hydrogen) atoms. The molecule has 4 nitrogen and oxygen atoms in total. The van der Waals surface area contributed by atoms with Gasteiger partial charge in [0.05, 0.1) is 6.61 Å². The van der Waals surface area contributed by atoms with Crippen LogP contribution >= 0.6 is 0 Å². The van der Waals surface area contributed by atoms with Gasteiger partial charge in [-0.2, -0.15) is 0 Å². The zero-order chi connectivity index (χ0) is 15.8. The number of hydrogen-bond donors (Lipinski definition) is 2. The van der Waals surface area contributed by atoms with E-state index in [0.717, 1.165) is 38.3 Å². The number of rotatable bonds is 7. The van der Waals surface area contributed by atoms with Gasteiger partial charge < -0.3 is 19.9 Å². The molecule has 1 fully saturated rings. The van der Waals surface area contributed by atoms with Gasteiger partial charge in [0, 0.05) is 31.2 Å². The maximum atomic E-state index is 9.72. The number of hydrogen-bond acceptors (Lipinski definition) is 4. The molecule has 1 atom stereocenters. The highest BCUT2D eigenvalue weighted by atomic mass is 16.5. The molecule has 0 radical (unpaired) electrons. The Morgan fingerprint density at radius 2 is 2.05 bits per heavy atom. The minimum absolute atomic E-state index is 0.0532. The molecule has 0 amide bonds. The topological polar surface area (TPSA) is 50.7 Å². The third-order valence-electron chi connectivity index (χ3n) is 4.37. The molecule has 1 aliphatic rings. The van der Waals surface area contributed by atoms with Crippen molar-refractivity contribution in [3.05, 3.63) is 29.8 Å². The van der Waals surface area contributed by atoms with E-state index in [0.29, 0.717) is 0 Å². The third-order valence-corrected chi connectivity index (χ3v) is 4.37. The van der Waals surface area contributed by atoms with Gasteiger partial charge >= 0.3 is 0 Å². The SMILES string of the molecule is C#CCOc1ccc(C(C)NCC2(CO)CCOCC2)cc1. The maximum Gasteiger partial charge on any atom is 0.148 e. The summed E-state index contributed by atoms with van der Waals surface area (Å²) in [4.78, 5) is 0. The van der Waals surface area contributed by atoms with Crippen molar-refractivity contribution in [1.82, 2.24) is 5.32 Å². The number of benzene rings is 1. The average Bonchev–Trinajstić information content (AvgIpc) is 2.59. The largest absolute Gasteiger partial charge is 0.481 e. The summed E-state index contributed by atoms with van der Waals surface area (Å²) < 4.78 is 10.8. The predicted octanol–water partition coefficient (Wildman–Crippen LogP) is 2.14. The van der Waals surface area contributed by atoms with Crippen molar-refractivity contribution in [3.63, 3.8) is 0 Å². The Hall–Kier alpha value is -1.54. The summed E-state index contributed by atoms with van der Waals surface area (Å²) in [6.45, 7) is 4.88. The fourth-order valence-corrected chi connectivity index (χ4v) is 2.66. The summed E-state index contributed by atoms with van der Waals surface area (Å²) in [6.07, 6.45) is 6.99. The van der Waals surface area contributed by atoms with Gasteiger partial charge in [-0.15, -0.1) is 6.42 Å². The maximum absolute atomic E-state index is 9.72. The van der Waals surface area contributed by atoms with Crippen LogP contribution in [0, 0.1) is 17.8 Å². The van der Waals surface area contributed by atoms with Crippen molar-refractivity contribution in [2.45, 2.75) is 25.8 Å². The Bertz CT molecular complexity index is 486. The van der Waals surface area contributed by atoms with Crippen molar-refractivity contribution in [2.24, 2.45) is 5.41 Å². The van der Waals surface area contributed by atoms with E-state index in [1.165, 1.54) is 5.56 Å². The molecule has 1 aliphatic heterocycles. The van der Waals surface area contributed by atoms with Crippen molar-refractivity contribution in [3.8, 4) is 18.1 Å². The van der Waals surface area contributed by atoms with Crippen LogP contribution in [0.5, 0.6) is 5.75 Å². The number of terminal acetylenes is 1.